The van der Waals surface area contributed by atoms with E-state index in [-0.39, 0.29) is 0 Å². The number of hydrogen-bond donors (Lipinski definition) is 0. The normalized spacial score (nSPS) is 51.3. The molecule has 13 aliphatic rings. The van der Waals surface area contributed by atoms with Crippen molar-refractivity contribution in [3.8, 4) is 0 Å². The van der Waals surface area contributed by atoms with Crippen LogP contribution in [0.5, 0.6) is 0 Å². The van der Waals surface area contributed by atoms with Crippen molar-refractivity contribution >= 4 is 0 Å². The Morgan fingerprint density at radius 3 is 0.844 bits per heavy atom. The van der Waals surface area contributed by atoms with Gasteiger partial charge >= 0.3 is 0 Å². The molecular formula is C62H102N2. The van der Waals surface area contributed by atoms with Gasteiger partial charge < -0.3 is 0 Å². The Morgan fingerprint density at radius 2 is 0.469 bits per heavy atom. The summed E-state index contributed by atoms with van der Waals surface area (Å²) in [6.07, 6.45) is 63.4. The first-order valence-electron chi connectivity index (χ1n) is 31.3. The lowest BCUT2D eigenvalue weighted by molar-refractivity contribution is -0.181. The van der Waals surface area contributed by atoms with Crippen molar-refractivity contribution in [1.82, 2.24) is 9.80 Å². The van der Waals surface area contributed by atoms with Crippen LogP contribution in [0.1, 0.15) is 257 Å². The largest absolute Gasteiger partial charge is 0.294 e. The summed E-state index contributed by atoms with van der Waals surface area (Å²) in [5, 5.41) is 0. The number of rotatable bonds is 6. The second-order valence-electron chi connectivity index (χ2n) is 27.7. The van der Waals surface area contributed by atoms with Crippen LogP contribution in [0.25, 0.3) is 0 Å². The fraction of sp³-hybridized carbons (Fsp3) is 1.00. The van der Waals surface area contributed by atoms with E-state index < -0.39 is 0 Å². The summed E-state index contributed by atoms with van der Waals surface area (Å²) in [7, 11) is 0. The molecule has 0 saturated heterocycles. The molecule has 0 heterocycles. The summed E-state index contributed by atoms with van der Waals surface area (Å²) in [4.78, 5) is 7.43. The molecule has 0 aromatic heterocycles. The molecule has 0 aromatic rings. The molecule has 0 amide bonds. The van der Waals surface area contributed by atoms with Crippen LogP contribution >= 0.6 is 0 Å². The summed E-state index contributed by atoms with van der Waals surface area (Å²) in [6.45, 7) is 0. The topological polar surface area (TPSA) is 6.48 Å². The van der Waals surface area contributed by atoms with E-state index in [1.165, 1.54) is 12.8 Å². The van der Waals surface area contributed by atoms with E-state index >= 15 is 0 Å². The Kier molecular flexibility index (Phi) is 13.2. The molecule has 360 valence electrons. The molecule has 2 nitrogen and oxygen atoms in total. The highest BCUT2D eigenvalue weighted by Crippen LogP contribution is 2.64. The highest BCUT2D eigenvalue weighted by atomic mass is 15.3. The van der Waals surface area contributed by atoms with Crippen molar-refractivity contribution in [3.05, 3.63) is 0 Å². The molecule has 0 aromatic carbocycles. The van der Waals surface area contributed by atoms with Gasteiger partial charge in [0.15, 0.2) is 0 Å². The molecular weight excluding hydrogens is 773 g/mol. The Morgan fingerprint density at radius 1 is 0.188 bits per heavy atom. The summed E-state index contributed by atoms with van der Waals surface area (Å²) in [5.41, 5.74) is 0. The molecule has 13 fully saturated rings. The van der Waals surface area contributed by atoms with Crippen LogP contribution in [-0.2, 0) is 0 Å². The van der Waals surface area contributed by atoms with Crippen molar-refractivity contribution in [2.45, 2.75) is 293 Å². The molecule has 64 heavy (non-hydrogen) atoms. The fourth-order valence-electron chi connectivity index (χ4n) is 23.8. The second-order valence-corrected chi connectivity index (χ2v) is 27.7. The Bertz CT molecular complexity index is 1390. The predicted molar refractivity (Wildman–Crippen MR) is 267 cm³/mol. The molecule has 18 atom stereocenters. The Hall–Kier alpha value is -0.0800. The molecule has 0 radical (unpaired) electrons. The van der Waals surface area contributed by atoms with Gasteiger partial charge in [-0.05, 0) is 223 Å². The molecule has 13 saturated carbocycles. The van der Waals surface area contributed by atoms with Crippen molar-refractivity contribution < 1.29 is 0 Å². The van der Waals surface area contributed by atoms with Gasteiger partial charge in [0.1, 0.15) is 0 Å². The van der Waals surface area contributed by atoms with Gasteiger partial charge in [-0.2, -0.15) is 0 Å². The minimum atomic E-state index is 0.915. The average molecular weight is 876 g/mol. The molecule has 0 bridgehead atoms. The molecule has 13 rings (SSSR count). The van der Waals surface area contributed by atoms with E-state index in [0.29, 0.717) is 0 Å². The molecule has 2 heteroatoms. The lowest BCUT2D eigenvalue weighted by Crippen LogP contribution is -2.71. The summed E-state index contributed by atoms with van der Waals surface area (Å²) in [5.74, 6) is 17.0. The van der Waals surface area contributed by atoms with Crippen molar-refractivity contribution in [2.24, 2.45) is 94.7 Å². The van der Waals surface area contributed by atoms with Crippen LogP contribution in [0, 0.1) is 94.7 Å². The smallest absolute Gasteiger partial charge is 0.0164 e. The summed E-state index contributed by atoms with van der Waals surface area (Å²) in [6, 6.07) is 5.56. The Labute approximate surface area is 395 Å². The average Bonchev–Trinajstić information content (AvgIpc) is 3.37. The zero-order valence-electron chi connectivity index (χ0n) is 41.9. The third-order valence-electron chi connectivity index (χ3n) is 25.7. The maximum atomic E-state index is 3.71. The minimum Gasteiger partial charge on any atom is -0.294 e. The molecule has 0 aliphatic heterocycles. The van der Waals surface area contributed by atoms with Crippen LogP contribution < -0.4 is 0 Å². The van der Waals surface area contributed by atoms with E-state index in [1.807, 2.05) is 0 Å². The molecule has 18 unspecified atom stereocenters. The van der Waals surface area contributed by atoms with Gasteiger partial charge in [0.2, 0.25) is 0 Å². The van der Waals surface area contributed by atoms with Crippen molar-refractivity contribution in [2.75, 3.05) is 0 Å². The SMILES string of the molecule is C1CCC(N(C2CC3C4CCCCC4CCC3C3CCCCC32)C2C3CCCCC3C(N(C3CCCCC3)C3CC4C5CCCCC5CCC4C4CCCCC43)C3CCCCC32)CC1. The first-order chi connectivity index (χ1) is 31.8. The quantitative estimate of drug-likeness (QED) is 0.262. The van der Waals surface area contributed by atoms with Crippen molar-refractivity contribution in [1.29, 1.82) is 0 Å². The number of nitrogens with zero attached hydrogens (tertiary/aromatic N) is 2. The third-order valence-corrected chi connectivity index (χ3v) is 25.7. The number of fused-ring (bicyclic) bond motifs is 12. The van der Waals surface area contributed by atoms with Crippen molar-refractivity contribution in [3.63, 3.8) is 0 Å². The summed E-state index contributed by atoms with van der Waals surface area (Å²) >= 11 is 0. The van der Waals surface area contributed by atoms with Crippen LogP contribution in [0.2, 0.25) is 0 Å². The maximum Gasteiger partial charge on any atom is 0.0164 e. The Balaban J connectivity index is 0.899. The van der Waals surface area contributed by atoms with E-state index in [4.69, 9.17) is 0 Å². The van der Waals surface area contributed by atoms with Gasteiger partial charge in [0.05, 0.1) is 0 Å². The first kappa shape index (κ1) is 43.9. The number of hydrogen-bond acceptors (Lipinski definition) is 2. The van der Waals surface area contributed by atoms with Gasteiger partial charge in [0.25, 0.3) is 0 Å². The van der Waals surface area contributed by atoms with E-state index in [1.54, 1.807) is 244 Å². The first-order valence-corrected chi connectivity index (χ1v) is 31.3. The van der Waals surface area contributed by atoms with E-state index in [0.717, 1.165) is 131 Å². The minimum absolute atomic E-state index is 0.915. The zero-order valence-corrected chi connectivity index (χ0v) is 41.9. The monoisotopic (exact) mass is 875 g/mol. The molecule has 0 N–H and O–H groups in total. The van der Waals surface area contributed by atoms with Gasteiger partial charge in [-0.1, -0.05) is 128 Å². The highest BCUT2D eigenvalue weighted by molar-refractivity contribution is 5.14. The predicted octanol–water partition coefficient (Wildman–Crippen LogP) is 16.4. The van der Waals surface area contributed by atoms with Gasteiger partial charge in [-0.15, -0.1) is 0 Å². The fourth-order valence-corrected chi connectivity index (χ4v) is 23.8. The van der Waals surface area contributed by atoms with Crippen LogP contribution in [-0.4, -0.2) is 46.1 Å². The van der Waals surface area contributed by atoms with Crippen LogP contribution in [0.3, 0.4) is 0 Å². The third kappa shape index (κ3) is 7.77. The standard InChI is InChI=1S/C62H102N2/c1-3-21-43(22-4-1)63(59-39-57-45-25-9-7-19-41(45)35-37-49(57)47-27-11-13-29-51(47)59)61-53-31-15-17-33-55(53)62(56-34-18-16-32-54(56)61)64(44-23-5-2-6-24-44)60-40-58-46-26-10-8-20-42(46)36-38-50(58)48-28-12-14-30-52(48)60/h41-62H,1-40H2. The lowest BCUT2D eigenvalue weighted by atomic mass is 9.48. The zero-order chi connectivity index (χ0) is 42.1. The van der Waals surface area contributed by atoms with Gasteiger partial charge in [-0.3, -0.25) is 9.80 Å². The van der Waals surface area contributed by atoms with Crippen LogP contribution in [0.15, 0.2) is 0 Å². The maximum absolute atomic E-state index is 3.71. The summed E-state index contributed by atoms with van der Waals surface area (Å²) < 4.78 is 0. The highest BCUT2D eigenvalue weighted by Gasteiger charge is 2.62. The second kappa shape index (κ2) is 19.3. The molecule has 13 aliphatic carbocycles. The van der Waals surface area contributed by atoms with Gasteiger partial charge in [-0.25, -0.2) is 0 Å². The molecule has 0 spiro atoms. The van der Waals surface area contributed by atoms with E-state index in [2.05, 4.69) is 9.80 Å². The van der Waals surface area contributed by atoms with Gasteiger partial charge in [0, 0.05) is 36.3 Å². The van der Waals surface area contributed by atoms with Crippen LogP contribution in [0.4, 0.5) is 0 Å². The lowest BCUT2D eigenvalue weighted by Gasteiger charge is -2.67. The van der Waals surface area contributed by atoms with E-state index in [9.17, 15) is 0 Å².